The second kappa shape index (κ2) is 41.4. The molecular weight excluding hydrogens is 668 g/mol. The minimum absolute atomic E-state index is 0.344. The lowest BCUT2D eigenvalue weighted by molar-refractivity contribution is -0.111. The molecule has 0 aliphatic rings. The molecule has 0 rings (SSSR count). The maximum Gasteiger partial charge on any atom is 0.123 e. The molecule has 44 heavy (non-hydrogen) atoms. The van der Waals surface area contributed by atoms with Crippen LogP contribution in [0.3, 0.4) is 0 Å². The maximum absolute atomic E-state index is 11.1. The van der Waals surface area contributed by atoms with Crippen molar-refractivity contribution in [1.82, 2.24) is 0 Å². The lowest BCUT2D eigenvalue weighted by Crippen LogP contribution is -2.02. The van der Waals surface area contributed by atoms with Gasteiger partial charge in [0.1, 0.15) is 6.29 Å². The molecule has 0 amide bonds. The van der Waals surface area contributed by atoms with Crippen molar-refractivity contribution in [2.75, 3.05) is 0 Å². The second-order valence-corrected chi connectivity index (χ2v) is 16.5. The van der Waals surface area contributed by atoms with Crippen molar-refractivity contribution in [2.45, 2.75) is 233 Å². The number of hydrogen-bond acceptors (Lipinski definition) is 1. The van der Waals surface area contributed by atoms with E-state index in [1.807, 2.05) is 0 Å². The van der Waals surface area contributed by atoms with E-state index in [9.17, 15) is 4.79 Å². The molecule has 0 aromatic heterocycles. The number of hydrogen-bond donors (Lipinski definition) is 0. The van der Waals surface area contributed by atoms with Crippen molar-refractivity contribution in [3.05, 3.63) is 9.47 Å². The van der Waals surface area contributed by atoms with Gasteiger partial charge in [-0.05, 0) is 63.5 Å². The van der Waals surface area contributed by atoms with Gasteiger partial charge >= 0.3 is 0 Å². The van der Waals surface area contributed by atoms with Crippen LogP contribution < -0.4 is 0 Å². The zero-order valence-corrected chi connectivity index (χ0v) is 33.8. The molecule has 0 N–H and O–H groups in total. The summed E-state index contributed by atoms with van der Waals surface area (Å²) in [5.74, 6) is 1.10. The standard InChI is InChI=1S/C21H40Br2.C20H40O/c1-3-5-7-9-11-12-14-16-18-20(19-21(22)23)17-15-13-10-8-6-4-2;1-3-5-7-9-11-12-14-16-18-20(19-21)17-15-13-10-8-6-4-2/h19-20H,3-18H2,1-2H3;19-20H,3-18H2,1-2H3. The Morgan fingerprint density at radius 1 is 0.386 bits per heavy atom. The first-order valence-electron chi connectivity index (χ1n) is 20.0. The van der Waals surface area contributed by atoms with E-state index in [1.165, 1.54) is 199 Å². The van der Waals surface area contributed by atoms with Crippen molar-refractivity contribution >= 4 is 38.1 Å². The average molecular weight is 749 g/mol. The number of halogens is 2. The first-order valence-corrected chi connectivity index (χ1v) is 21.6. The number of carbonyl (C=O) groups is 1. The summed E-state index contributed by atoms with van der Waals surface area (Å²) >= 11 is 7.11. The van der Waals surface area contributed by atoms with Crippen LogP contribution in [0.5, 0.6) is 0 Å². The molecule has 0 radical (unpaired) electrons. The Labute approximate surface area is 296 Å². The van der Waals surface area contributed by atoms with E-state index in [0.717, 1.165) is 22.2 Å². The molecule has 2 unspecified atom stereocenters. The highest BCUT2D eigenvalue weighted by Crippen LogP contribution is 2.25. The SMILES string of the molecule is CCCCCCCCCCC(C=C(Br)Br)CCCCCCCC.CCCCCCCCCCC(C=O)CCCCCCCC. The normalized spacial score (nSPS) is 12.4. The second-order valence-electron chi connectivity index (χ2n) is 13.8. The monoisotopic (exact) mass is 746 g/mol. The van der Waals surface area contributed by atoms with Gasteiger partial charge in [-0.1, -0.05) is 214 Å². The van der Waals surface area contributed by atoms with Gasteiger partial charge < -0.3 is 4.79 Å². The summed E-state index contributed by atoms with van der Waals surface area (Å²) in [6, 6.07) is 0. The Bertz CT molecular complexity index is 557. The average Bonchev–Trinajstić information content (AvgIpc) is 3.02. The van der Waals surface area contributed by atoms with Crippen LogP contribution in [0, 0.1) is 11.8 Å². The van der Waals surface area contributed by atoms with Crippen LogP contribution in [-0.2, 0) is 4.79 Å². The molecule has 2 atom stereocenters. The highest BCUT2D eigenvalue weighted by molar-refractivity contribution is 9.28. The summed E-state index contributed by atoms with van der Waals surface area (Å²) in [4.78, 5) is 11.1. The van der Waals surface area contributed by atoms with Crippen LogP contribution in [-0.4, -0.2) is 6.29 Å². The van der Waals surface area contributed by atoms with Gasteiger partial charge in [0, 0.05) is 5.92 Å². The Morgan fingerprint density at radius 2 is 0.614 bits per heavy atom. The number of allylic oxidation sites excluding steroid dienone is 1. The summed E-state index contributed by atoms with van der Waals surface area (Å²) in [6.45, 7) is 9.10. The minimum Gasteiger partial charge on any atom is -0.303 e. The zero-order valence-electron chi connectivity index (χ0n) is 30.6. The van der Waals surface area contributed by atoms with E-state index in [2.05, 4.69) is 65.6 Å². The summed E-state index contributed by atoms with van der Waals surface area (Å²) in [7, 11) is 0. The molecule has 0 saturated carbocycles. The third kappa shape index (κ3) is 40.4. The Morgan fingerprint density at radius 3 is 0.841 bits per heavy atom. The number of aldehydes is 1. The number of unbranched alkanes of at least 4 members (excludes halogenated alkanes) is 24. The molecule has 264 valence electrons. The number of rotatable bonds is 34. The molecule has 0 spiro atoms. The molecule has 1 nitrogen and oxygen atoms in total. The van der Waals surface area contributed by atoms with Crippen molar-refractivity contribution in [1.29, 1.82) is 0 Å². The first kappa shape index (κ1) is 46.5. The Hall–Kier alpha value is 0.370. The molecule has 0 heterocycles. The minimum atomic E-state index is 0.344. The summed E-state index contributed by atoms with van der Waals surface area (Å²) in [5.41, 5.74) is 0. The third-order valence-corrected chi connectivity index (χ3v) is 9.80. The van der Waals surface area contributed by atoms with Crippen LogP contribution in [0.4, 0.5) is 0 Å². The largest absolute Gasteiger partial charge is 0.303 e. The smallest absolute Gasteiger partial charge is 0.123 e. The fourth-order valence-corrected chi connectivity index (χ4v) is 6.97. The van der Waals surface area contributed by atoms with Crippen LogP contribution in [0.15, 0.2) is 9.47 Å². The van der Waals surface area contributed by atoms with Gasteiger partial charge in [-0.15, -0.1) is 0 Å². The van der Waals surface area contributed by atoms with Crippen molar-refractivity contribution in [2.24, 2.45) is 11.8 Å². The van der Waals surface area contributed by atoms with Crippen molar-refractivity contribution < 1.29 is 4.79 Å². The van der Waals surface area contributed by atoms with Crippen LogP contribution in [0.25, 0.3) is 0 Å². The molecule has 0 saturated heterocycles. The van der Waals surface area contributed by atoms with Crippen molar-refractivity contribution in [3.8, 4) is 0 Å². The van der Waals surface area contributed by atoms with E-state index in [1.54, 1.807) is 0 Å². The lowest BCUT2D eigenvalue weighted by Gasteiger charge is -2.13. The van der Waals surface area contributed by atoms with E-state index in [-0.39, 0.29) is 0 Å². The molecule has 3 heteroatoms. The quantitative estimate of drug-likeness (QED) is 0.0473. The van der Waals surface area contributed by atoms with E-state index in [0.29, 0.717) is 5.92 Å². The van der Waals surface area contributed by atoms with Gasteiger partial charge in [-0.3, -0.25) is 0 Å². The molecule has 0 aromatic rings. The van der Waals surface area contributed by atoms with Crippen LogP contribution in [0.2, 0.25) is 0 Å². The summed E-state index contributed by atoms with van der Waals surface area (Å²) < 4.78 is 1.14. The third-order valence-electron chi connectivity index (χ3n) is 9.27. The fraction of sp³-hybridized carbons (Fsp3) is 0.927. The molecular formula is C41H80Br2O. The molecule has 0 aliphatic heterocycles. The predicted molar refractivity (Wildman–Crippen MR) is 209 cm³/mol. The molecule has 0 aliphatic carbocycles. The van der Waals surface area contributed by atoms with Gasteiger partial charge in [0.05, 0.1) is 3.39 Å². The van der Waals surface area contributed by atoms with Crippen LogP contribution in [0.1, 0.15) is 233 Å². The van der Waals surface area contributed by atoms with E-state index < -0.39 is 0 Å². The van der Waals surface area contributed by atoms with Gasteiger partial charge in [-0.2, -0.15) is 0 Å². The molecule has 0 aromatic carbocycles. The summed E-state index contributed by atoms with van der Waals surface area (Å²) in [5, 5.41) is 0. The Balaban J connectivity index is 0. The highest BCUT2D eigenvalue weighted by Gasteiger charge is 2.08. The van der Waals surface area contributed by atoms with E-state index in [4.69, 9.17) is 0 Å². The highest BCUT2D eigenvalue weighted by atomic mass is 79.9. The Kier molecular flexibility index (Phi) is 43.7. The molecule has 0 bridgehead atoms. The van der Waals surface area contributed by atoms with Gasteiger partial charge in [0.15, 0.2) is 0 Å². The fourth-order valence-electron chi connectivity index (χ4n) is 6.22. The van der Waals surface area contributed by atoms with E-state index >= 15 is 0 Å². The topological polar surface area (TPSA) is 17.1 Å². The lowest BCUT2D eigenvalue weighted by atomic mass is 9.94. The first-order chi connectivity index (χ1) is 21.5. The number of carbonyl (C=O) groups excluding carboxylic acids is 1. The maximum atomic E-state index is 11.1. The van der Waals surface area contributed by atoms with Crippen LogP contribution >= 0.6 is 31.9 Å². The van der Waals surface area contributed by atoms with Crippen molar-refractivity contribution in [3.63, 3.8) is 0 Å². The molecule has 0 fully saturated rings. The predicted octanol–water partition coefficient (Wildman–Crippen LogP) is 16.6. The van der Waals surface area contributed by atoms with Gasteiger partial charge in [-0.25, -0.2) is 0 Å². The summed E-state index contributed by atoms with van der Waals surface area (Å²) in [6.07, 6.45) is 47.3. The zero-order chi connectivity index (χ0) is 32.8. The van der Waals surface area contributed by atoms with Gasteiger partial charge in [0.25, 0.3) is 0 Å². The van der Waals surface area contributed by atoms with Gasteiger partial charge in [0.2, 0.25) is 0 Å².